The zero-order valence-corrected chi connectivity index (χ0v) is 9.29. The zero-order chi connectivity index (χ0) is 10.7. The monoisotopic (exact) mass is 237 g/mol. The first-order chi connectivity index (χ1) is 7.27. The molecule has 0 atom stereocenters. The fourth-order valence-corrected chi connectivity index (χ4v) is 2.18. The fraction of sp³-hybridized carbons (Fsp3) is 0. The van der Waals surface area contributed by atoms with Gasteiger partial charge >= 0.3 is 0 Å². The second kappa shape index (κ2) is 4.55. The van der Waals surface area contributed by atoms with Crippen LogP contribution in [0.3, 0.4) is 0 Å². The first-order valence-electron chi connectivity index (χ1n) is 4.33. The van der Waals surface area contributed by atoms with E-state index in [9.17, 15) is 5.11 Å². The van der Waals surface area contributed by atoms with Gasteiger partial charge in [-0.25, -0.2) is 0 Å². The number of para-hydroxylation sites is 1. The Balaban J connectivity index is 2.30. The van der Waals surface area contributed by atoms with Crippen LogP contribution >= 0.6 is 23.4 Å². The highest BCUT2D eigenvalue weighted by Gasteiger charge is 2.05. The van der Waals surface area contributed by atoms with Gasteiger partial charge in [-0.15, -0.1) is 0 Å². The van der Waals surface area contributed by atoms with Crippen LogP contribution in [0.2, 0.25) is 5.02 Å². The number of phenolic OH excluding ortho intramolecular Hbond substituents is 1. The first kappa shape index (κ1) is 10.3. The van der Waals surface area contributed by atoms with Gasteiger partial charge in [0.2, 0.25) is 0 Å². The lowest BCUT2D eigenvalue weighted by molar-refractivity contribution is 0.462. The Hall–Kier alpha value is -1.19. The van der Waals surface area contributed by atoms with Crippen LogP contribution in [0.5, 0.6) is 5.75 Å². The van der Waals surface area contributed by atoms with Gasteiger partial charge in [-0.05, 0) is 18.2 Å². The van der Waals surface area contributed by atoms with Crippen molar-refractivity contribution in [1.82, 2.24) is 4.98 Å². The minimum Gasteiger partial charge on any atom is -0.507 e. The van der Waals surface area contributed by atoms with E-state index >= 15 is 0 Å². The minimum atomic E-state index is 0.260. The Morgan fingerprint density at radius 1 is 1.13 bits per heavy atom. The lowest BCUT2D eigenvalue weighted by Gasteiger charge is -2.04. The van der Waals surface area contributed by atoms with E-state index in [1.807, 2.05) is 18.2 Å². The lowest BCUT2D eigenvalue weighted by atomic mass is 10.3. The average Bonchev–Trinajstić information content (AvgIpc) is 2.24. The van der Waals surface area contributed by atoms with Crippen LogP contribution in [0.1, 0.15) is 0 Å². The molecule has 2 rings (SSSR count). The number of halogens is 1. The Morgan fingerprint density at radius 3 is 2.67 bits per heavy atom. The van der Waals surface area contributed by atoms with Crippen molar-refractivity contribution in [3.05, 3.63) is 47.7 Å². The number of benzene rings is 1. The number of hydrogen-bond acceptors (Lipinski definition) is 3. The number of pyridine rings is 1. The van der Waals surface area contributed by atoms with Gasteiger partial charge in [-0.3, -0.25) is 4.98 Å². The smallest absolute Gasteiger partial charge is 0.129 e. The molecule has 0 aliphatic heterocycles. The molecule has 0 aliphatic rings. The lowest BCUT2D eigenvalue weighted by Crippen LogP contribution is -1.78. The summed E-state index contributed by atoms with van der Waals surface area (Å²) in [5, 5.41) is 10.2. The number of nitrogens with zero attached hydrogens (tertiary/aromatic N) is 1. The summed E-state index contributed by atoms with van der Waals surface area (Å²) in [5.74, 6) is 0.260. The van der Waals surface area contributed by atoms with E-state index in [4.69, 9.17) is 11.6 Å². The largest absolute Gasteiger partial charge is 0.507 e. The maximum atomic E-state index is 9.58. The third-order valence-corrected chi connectivity index (χ3v) is 3.37. The van der Waals surface area contributed by atoms with Crippen molar-refractivity contribution in [2.45, 2.75) is 9.79 Å². The van der Waals surface area contributed by atoms with Crippen LogP contribution in [0.4, 0.5) is 0 Å². The van der Waals surface area contributed by atoms with Gasteiger partial charge in [0.15, 0.2) is 0 Å². The molecule has 0 saturated heterocycles. The molecule has 0 bridgehead atoms. The third kappa shape index (κ3) is 2.43. The summed E-state index contributed by atoms with van der Waals surface area (Å²) in [6.07, 6.45) is 3.26. The third-order valence-electron chi connectivity index (χ3n) is 1.82. The Morgan fingerprint density at radius 2 is 1.93 bits per heavy atom. The second-order valence-electron chi connectivity index (χ2n) is 2.88. The summed E-state index contributed by atoms with van der Waals surface area (Å²) < 4.78 is 0. The van der Waals surface area contributed by atoms with E-state index in [2.05, 4.69) is 4.98 Å². The van der Waals surface area contributed by atoms with Gasteiger partial charge in [0.25, 0.3) is 0 Å². The van der Waals surface area contributed by atoms with Crippen LogP contribution in [-0.4, -0.2) is 10.1 Å². The van der Waals surface area contributed by atoms with Gasteiger partial charge < -0.3 is 5.11 Å². The summed E-state index contributed by atoms with van der Waals surface area (Å²) in [7, 11) is 0. The standard InChI is InChI=1S/C11H8ClNOS/c12-8-7-13-6-5-10(8)15-11-4-2-1-3-9(11)14/h1-7,14H. The second-order valence-corrected chi connectivity index (χ2v) is 4.37. The normalized spacial score (nSPS) is 10.2. The highest BCUT2D eigenvalue weighted by atomic mass is 35.5. The number of hydrogen-bond donors (Lipinski definition) is 1. The molecule has 15 heavy (non-hydrogen) atoms. The van der Waals surface area contributed by atoms with Crippen molar-refractivity contribution in [3.8, 4) is 5.75 Å². The summed E-state index contributed by atoms with van der Waals surface area (Å²) in [5.41, 5.74) is 0. The molecule has 1 aromatic carbocycles. The molecule has 76 valence electrons. The molecule has 1 aromatic heterocycles. The van der Waals surface area contributed by atoms with E-state index < -0.39 is 0 Å². The van der Waals surface area contributed by atoms with E-state index in [1.54, 1.807) is 24.5 Å². The number of aromatic hydroxyl groups is 1. The topological polar surface area (TPSA) is 33.1 Å². The van der Waals surface area contributed by atoms with E-state index in [1.165, 1.54) is 11.8 Å². The predicted octanol–water partition coefficient (Wildman–Crippen LogP) is 3.59. The molecule has 0 saturated carbocycles. The van der Waals surface area contributed by atoms with Crippen molar-refractivity contribution in [2.75, 3.05) is 0 Å². The molecule has 0 unspecified atom stereocenters. The molecule has 0 radical (unpaired) electrons. The number of phenols is 1. The zero-order valence-electron chi connectivity index (χ0n) is 7.72. The van der Waals surface area contributed by atoms with E-state index in [-0.39, 0.29) is 5.75 Å². The van der Waals surface area contributed by atoms with Crippen molar-refractivity contribution < 1.29 is 5.11 Å². The molecular formula is C11H8ClNOS. The molecule has 0 aliphatic carbocycles. The van der Waals surface area contributed by atoms with E-state index in [0.717, 1.165) is 9.79 Å². The summed E-state index contributed by atoms with van der Waals surface area (Å²) >= 11 is 7.38. The van der Waals surface area contributed by atoms with Crippen LogP contribution in [0.25, 0.3) is 0 Å². The van der Waals surface area contributed by atoms with Gasteiger partial charge in [-0.1, -0.05) is 35.5 Å². The van der Waals surface area contributed by atoms with Crippen LogP contribution in [0.15, 0.2) is 52.5 Å². The van der Waals surface area contributed by atoms with Crippen LogP contribution in [-0.2, 0) is 0 Å². The summed E-state index contributed by atoms with van der Waals surface area (Å²) in [4.78, 5) is 5.57. The summed E-state index contributed by atoms with van der Waals surface area (Å²) in [6, 6.07) is 8.97. The molecule has 1 heterocycles. The SMILES string of the molecule is Oc1ccccc1Sc1ccncc1Cl. The molecule has 0 spiro atoms. The van der Waals surface area contributed by atoms with E-state index in [0.29, 0.717) is 5.02 Å². The van der Waals surface area contributed by atoms with Crippen molar-refractivity contribution in [2.24, 2.45) is 0 Å². The molecule has 0 amide bonds. The minimum absolute atomic E-state index is 0.260. The Bertz CT molecular complexity index is 432. The summed E-state index contributed by atoms with van der Waals surface area (Å²) in [6.45, 7) is 0. The first-order valence-corrected chi connectivity index (χ1v) is 5.52. The van der Waals surface area contributed by atoms with Crippen molar-refractivity contribution >= 4 is 23.4 Å². The van der Waals surface area contributed by atoms with Gasteiger partial charge in [0, 0.05) is 17.3 Å². The maximum Gasteiger partial charge on any atom is 0.129 e. The van der Waals surface area contributed by atoms with Crippen molar-refractivity contribution in [1.29, 1.82) is 0 Å². The molecule has 4 heteroatoms. The Kier molecular flexibility index (Phi) is 3.14. The van der Waals surface area contributed by atoms with Gasteiger partial charge in [-0.2, -0.15) is 0 Å². The quantitative estimate of drug-likeness (QED) is 0.867. The maximum absolute atomic E-state index is 9.58. The Labute approximate surface area is 96.9 Å². The average molecular weight is 238 g/mol. The molecule has 0 fully saturated rings. The van der Waals surface area contributed by atoms with Crippen LogP contribution < -0.4 is 0 Å². The van der Waals surface area contributed by atoms with Crippen LogP contribution in [0, 0.1) is 0 Å². The number of aromatic nitrogens is 1. The molecule has 2 aromatic rings. The molecular weight excluding hydrogens is 230 g/mol. The van der Waals surface area contributed by atoms with Gasteiger partial charge in [0.1, 0.15) is 5.75 Å². The van der Waals surface area contributed by atoms with Crippen molar-refractivity contribution in [3.63, 3.8) is 0 Å². The van der Waals surface area contributed by atoms with Gasteiger partial charge in [0.05, 0.1) is 9.92 Å². The molecule has 1 N–H and O–H groups in total. The predicted molar refractivity (Wildman–Crippen MR) is 61.5 cm³/mol. The molecule has 2 nitrogen and oxygen atoms in total. The highest BCUT2D eigenvalue weighted by Crippen LogP contribution is 2.36. The fourth-order valence-electron chi connectivity index (χ4n) is 1.11. The highest BCUT2D eigenvalue weighted by molar-refractivity contribution is 7.99. The number of rotatable bonds is 2.